The van der Waals surface area contributed by atoms with Crippen molar-refractivity contribution in [2.45, 2.75) is 52.6 Å². The lowest BCUT2D eigenvalue weighted by Crippen LogP contribution is -2.35. The van der Waals surface area contributed by atoms with E-state index in [0.717, 1.165) is 22.7 Å². The summed E-state index contributed by atoms with van der Waals surface area (Å²) >= 11 is 1.30. The van der Waals surface area contributed by atoms with Crippen molar-refractivity contribution < 1.29 is 19.1 Å². The highest BCUT2D eigenvalue weighted by molar-refractivity contribution is 7.14. The van der Waals surface area contributed by atoms with Gasteiger partial charge in [-0.3, -0.25) is 4.79 Å². The Kier molecular flexibility index (Phi) is 8.51. The molecule has 0 aliphatic carbocycles. The second-order valence-corrected chi connectivity index (χ2v) is 9.98. The molecule has 0 saturated carbocycles. The lowest BCUT2D eigenvalue weighted by molar-refractivity contribution is 0.0292. The maximum Gasteiger partial charge on any atom is 0.410 e. The van der Waals surface area contributed by atoms with Crippen LogP contribution in [0.3, 0.4) is 0 Å². The first-order chi connectivity index (χ1) is 16.7. The Morgan fingerprint density at radius 3 is 2.26 bits per heavy atom. The number of nitrogens with two attached hydrogens (primary N) is 1. The van der Waals surface area contributed by atoms with Crippen LogP contribution in [-0.4, -0.2) is 40.6 Å². The van der Waals surface area contributed by atoms with Gasteiger partial charge in [-0.25, -0.2) is 9.78 Å². The van der Waals surface area contributed by atoms with E-state index < -0.39 is 11.5 Å². The summed E-state index contributed by atoms with van der Waals surface area (Å²) < 4.78 is 11.3. The van der Waals surface area contributed by atoms with E-state index >= 15 is 0 Å². The molecule has 8 heteroatoms. The second-order valence-electron chi connectivity index (χ2n) is 8.95. The smallest absolute Gasteiger partial charge is 0.410 e. The number of thiazole rings is 1. The second kappa shape index (κ2) is 11.4. The molecule has 1 atom stereocenters. The molecule has 3 aromatic rings. The average molecular weight is 496 g/mol. The summed E-state index contributed by atoms with van der Waals surface area (Å²) in [5.74, 6) is 0.954. The Morgan fingerprint density at radius 2 is 1.66 bits per heavy atom. The molecule has 1 fully saturated rings. The zero-order chi connectivity index (χ0) is 25.6. The summed E-state index contributed by atoms with van der Waals surface area (Å²) in [7, 11) is 0. The molecule has 2 heterocycles. The molecule has 7 nitrogen and oxygen atoms in total. The summed E-state index contributed by atoms with van der Waals surface area (Å²) in [5.41, 5.74) is 6.47. The van der Waals surface area contributed by atoms with Crippen molar-refractivity contribution in [1.82, 2.24) is 9.88 Å². The van der Waals surface area contributed by atoms with E-state index in [4.69, 9.17) is 20.2 Å². The predicted molar refractivity (Wildman–Crippen MR) is 139 cm³/mol. The van der Waals surface area contributed by atoms with Crippen molar-refractivity contribution in [3.05, 3.63) is 64.5 Å². The normalized spacial score (nSPS) is 15.2. The zero-order valence-electron chi connectivity index (χ0n) is 20.9. The largest absolute Gasteiger partial charge is 0.457 e. The number of carbonyl (C=O) groups excluding carboxylic acids is 2. The summed E-state index contributed by atoms with van der Waals surface area (Å²) in [5, 5.41) is 0.800. The number of para-hydroxylation sites is 1. The Morgan fingerprint density at radius 1 is 1.03 bits per heavy atom. The number of hydrogen-bond acceptors (Lipinski definition) is 6. The summed E-state index contributed by atoms with van der Waals surface area (Å²) in [6, 6.07) is 16.9. The van der Waals surface area contributed by atoms with Gasteiger partial charge in [0.15, 0.2) is 0 Å². The molecule has 2 amide bonds. The molecule has 1 saturated heterocycles. The molecular formula is C27H33N3O4S. The summed E-state index contributed by atoms with van der Waals surface area (Å²) in [4.78, 5) is 31.4. The van der Waals surface area contributed by atoms with Gasteiger partial charge in [-0.05, 0) is 63.6 Å². The van der Waals surface area contributed by atoms with Gasteiger partial charge in [0.1, 0.15) is 22.0 Å². The zero-order valence-corrected chi connectivity index (χ0v) is 21.7. The summed E-state index contributed by atoms with van der Waals surface area (Å²) in [6.45, 7) is 10.6. The highest BCUT2D eigenvalue weighted by Crippen LogP contribution is 2.36. The first kappa shape index (κ1) is 26.2. The van der Waals surface area contributed by atoms with Gasteiger partial charge in [-0.2, -0.15) is 0 Å². The van der Waals surface area contributed by atoms with Crippen LogP contribution in [0.4, 0.5) is 4.79 Å². The van der Waals surface area contributed by atoms with E-state index in [1.54, 1.807) is 4.90 Å². The van der Waals surface area contributed by atoms with Crippen LogP contribution < -0.4 is 10.5 Å². The van der Waals surface area contributed by atoms with Crippen molar-refractivity contribution in [1.29, 1.82) is 0 Å². The standard InChI is InChI=1S/C25H27N3O4S.C2H6/c1-25(2,3)32-24(30)28-14-13-17(15-28)23-27-20(21(33-23)22(26)29)16-9-11-19(12-10-16)31-18-7-5-4-6-8-18;1-2/h4-12,17H,13-15H2,1-3H3,(H2,26,29);1-2H3. The van der Waals surface area contributed by atoms with Crippen molar-refractivity contribution in [3.63, 3.8) is 0 Å². The molecule has 1 unspecified atom stereocenters. The number of rotatable bonds is 5. The number of benzene rings is 2. The third kappa shape index (κ3) is 6.82. The molecule has 0 bridgehead atoms. The molecule has 4 rings (SSSR count). The number of hydrogen-bond donors (Lipinski definition) is 1. The van der Waals surface area contributed by atoms with Gasteiger partial charge in [0.05, 0.1) is 10.7 Å². The number of likely N-dealkylation sites (tertiary alicyclic amines) is 1. The van der Waals surface area contributed by atoms with Crippen LogP contribution in [0.1, 0.15) is 61.6 Å². The number of ether oxygens (including phenoxy) is 2. The van der Waals surface area contributed by atoms with Gasteiger partial charge < -0.3 is 20.1 Å². The van der Waals surface area contributed by atoms with E-state index in [1.165, 1.54) is 11.3 Å². The quantitative estimate of drug-likeness (QED) is 0.439. The van der Waals surface area contributed by atoms with E-state index in [-0.39, 0.29) is 12.0 Å². The predicted octanol–water partition coefficient (Wildman–Crippen LogP) is 6.45. The van der Waals surface area contributed by atoms with Crippen LogP contribution in [0.15, 0.2) is 54.6 Å². The number of carbonyl (C=O) groups is 2. The van der Waals surface area contributed by atoms with E-state index in [9.17, 15) is 9.59 Å². The van der Waals surface area contributed by atoms with Gasteiger partial charge in [0.2, 0.25) is 0 Å². The molecule has 2 N–H and O–H groups in total. The number of amides is 2. The minimum absolute atomic E-state index is 0.0371. The van der Waals surface area contributed by atoms with Crippen LogP contribution in [0.25, 0.3) is 11.3 Å². The molecule has 2 aromatic carbocycles. The van der Waals surface area contributed by atoms with Gasteiger partial charge in [0, 0.05) is 24.6 Å². The lowest BCUT2D eigenvalue weighted by atomic mass is 10.1. The van der Waals surface area contributed by atoms with Crippen molar-refractivity contribution in [3.8, 4) is 22.8 Å². The maximum absolute atomic E-state index is 12.4. The van der Waals surface area contributed by atoms with Gasteiger partial charge in [-0.15, -0.1) is 11.3 Å². The first-order valence-corrected chi connectivity index (χ1v) is 12.6. The van der Waals surface area contributed by atoms with E-state index in [2.05, 4.69) is 0 Å². The van der Waals surface area contributed by atoms with Crippen LogP contribution in [0.2, 0.25) is 0 Å². The average Bonchev–Trinajstić information content (AvgIpc) is 3.49. The third-order valence-corrected chi connectivity index (χ3v) is 6.40. The molecule has 35 heavy (non-hydrogen) atoms. The SMILES string of the molecule is CC.CC(C)(C)OC(=O)N1CCC(c2nc(-c3ccc(Oc4ccccc4)cc3)c(C(N)=O)s2)C1. The Hall–Kier alpha value is -3.39. The van der Waals surface area contributed by atoms with Crippen molar-refractivity contribution in [2.24, 2.45) is 5.73 Å². The molecular weight excluding hydrogens is 462 g/mol. The first-order valence-electron chi connectivity index (χ1n) is 11.8. The minimum Gasteiger partial charge on any atom is -0.457 e. The monoisotopic (exact) mass is 495 g/mol. The fourth-order valence-corrected chi connectivity index (χ4v) is 4.70. The van der Waals surface area contributed by atoms with Crippen molar-refractivity contribution >= 4 is 23.3 Å². The lowest BCUT2D eigenvalue weighted by Gasteiger charge is -2.24. The van der Waals surface area contributed by atoms with Crippen LogP contribution in [-0.2, 0) is 4.74 Å². The number of primary amides is 1. The Bertz CT molecular complexity index is 1140. The minimum atomic E-state index is -0.543. The highest BCUT2D eigenvalue weighted by Gasteiger charge is 2.33. The molecule has 1 aromatic heterocycles. The van der Waals surface area contributed by atoms with Crippen LogP contribution >= 0.6 is 11.3 Å². The van der Waals surface area contributed by atoms with Crippen molar-refractivity contribution in [2.75, 3.05) is 13.1 Å². The topological polar surface area (TPSA) is 94.8 Å². The molecule has 0 spiro atoms. The fourth-order valence-electron chi connectivity index (χ4n) is 3.63. The summed E-state index contributed by atoms with van der Waals surface area (Å²) in [6.07, 6.45) is 0.430. The Labute approximate surface area is 210 Å². The maximum atomic E-state index is 12.4. The van der Waals surface area contributed by atoms with Crippen LogP contribution in [0.5, 0.6) is 11.5 Å². The number of aromatic nitrogens is 1. The van der Waals surface area contributed by atoms with E-state index in [1.807, 2.05) is 89.2 Å². The Balaban J connectivity index is 0.00000167. The molecule has 186 valence electrons. The van der Waals surface area contributed by atoms with E-state index in [0.29, 0.717) is 29.4 Å². The fraction of sp³-hybridized carbons (Fsp3) is 0.370. The number of nitrogens with zero attached hydrogens (tertiary/aromatic N) is 2. The van der Waals surface area contributed by atoms with Crippen LogP contribution in [0, 0.1) is 0 Å². The highest BCUT2D eigenvalue weighted by atomic mass is 32.1. The van der Waals surface area contributed by atoms with Gasteiger partial charge in [-0.1, -0.05) is 32.0 Å². The van der Waals surface area contributed by atoms with Gasteiger partial charge >= 0.3 is 6.09 Å². The van der Waals surface area contributed by atoms with Gasteiger partial charge in [0.25, 0.3) is 5.91 Å². The molecule has 1 aliphatic rings. The molecule has 1 aliphatic heterocycles. The third-order valence-electron chi connectivity index (χ3n) is 5.16. The molecule has 0 radical (unpaired) electrons.